The molecule has 0 radical (unpaired) electrons. The standard InChI is InChI=1S/C16H27N/c1-6-14(4)7-8-16(13(2)3)17-11-9-15(5)10-12-17/h6,15-16H,1-2,4,7-12H2,3,5H3. The Labute approximate surface area is 107 Å². The van der Waals surface area contributed by atoms with Gasteiger partial charge in [0.2, 0.25) is 0 Å². The van der Waals surface area contributed by atoms with Gasteiger partial charge in [-0.2, -0.15) is 0 Å². The van der Waals surface area contributed by atoms with Gasteiger partial charge in [-0.1, -0.05) is 43.9 Å². The van der Waals surface area contributed by atoms with Gasteiger partial charge in [0.25, 0.3) is 0 Å². The van der Waals surface area contributed by atoms with Gasteiger partial charge < -0.3 is 0 Å². The molecular formula is C16H27N. The molecule has 0 bridgehead atoms. The van der Waals surface area contributed by atoms with Crippen molar-refractivity contribution in [1.29, 1.82) is 0 Å². The van der Waals surface area contributed by atoms with E-state index in [1.54, 1.807) is 0 Å². The molecule has 0 N–H and O–H groups in total. The Hall–Kier alpha value is -0.820. The third kappa shape index (κ3) is 4.51. The van der Waals surface area contributed by atoms with Gasteiger partial charge >= 0.3 is 0 Å². The van der Waals surface area contributed by atoms with Gasteiger partial charge in [0.1, 0.15) is 0 Å². The Morgan fingerprint density at radius 2 is 1.94 bits per heavy atom. The smallest absolute Gasteiger partial charge is 0.0305 e. The summed E-state index contributed by atoms with van der Waals surface area (Å²) in [6.07, 6.45) is 6.69. The van der Waals surface area contributed by atoms with E-state index in [1.165, 1.54) is 31.5 Å². The van der Waals surface area contributed by atoms with Crippen LogP contribution in [0.5, 0.6) is 0 Å². The Morgan fingerprint density at radius 1 is 1.35 bits per heavy atom. The number of hydrogen-bond donors (Lipinski definition) is 0. The fraction of sp³-hybridized carbons (Fsp3) is 0.625. The van der Waals surface area contributed by atoms with Crippen LogP contribution in [-0.2, 0) is 0 Å². The van der Waals surface area contributed by atoms with E-state index in [0.29, 0.717) is 6.04 Å². The van der Waals surface area contributed by atoms with E-state index in [-0.39, 0.29) is 0 Å². The highest BCUT2D eigenvalue weighted by Crippen LogP contribution is 2.24. The van der Waals surface area contributed by atoms with Crippen molar-refractivity contribution < 1.29 is 0 Å². The zero-order chi connectivity index (χ0) is 12.8. The number of rotatable bonds is 6. The van der Waals surface area contributed by atoms with Gasteiger partial charge in [0.05, 0.1) is 0 Å². The van der Waals surface area contributed by atoms with Gasteiger partial charge in [-0.05, 0) is 51.6 Å². The van der Waals surface area contributed by atoms with E-state index in [4.69, 9.17) is 0 Å². The number of allylic oxidation sites excluding steroid dienone is 2. The summed E-state index contributed by atoms with van der Waals surface area (Å²) in [7, 11) is 0. The van der Waals surface area contributed by atoms with E-state index >= 15 is 0 Å². The van der Waals surface area contributed by atoms with Crippen LogP contribution in [0.2, 0.25) is 0 Å². The molecule has 1 aliphatic rings. The molecule has 1 atom stereocenters. The molecule has 1 heteroatoms. The van der Waals surface area contributed by atoms with Crippen molar-refractivity contribution >= 4 is 0 Å². The van der Waals surface area contributed by atoms with Crippen LogP contribution >= 0.6 is 0 Å². The summed E-state index contributed by atoms with van der Waals surface area (Å²) in [5, 5.41) is 0. The van der Waals surface area contributed by atoms with E-state index < -0.39 is 0 Å². The number of hydrogen-bond acceptors (Lipinski definition) is 1. The fourth-order valence-electron chi connectivity index (χ4n) is 2.51. The summed E-state index contributed by atoms with van der Waals surface area (Å²) in [4.78, 5) is 2.60. The fourth-order valence-corrected chi connectivity index (χ4v) is 2.51. The second-order valence-corrected chi connectivity index (χ2v) is 5.48. The lowest BCUT2D eigenvalue weighted by Gasteiger charge is -2.37. The van der Waals surface area contributed by atoms with Crippen molar-refractivity contribution in [1.82, 2.24) is 4.90 Å². The Bertz CT molecular complexity index is 282. The first-order valence-corrected chi connectivity index (χ1v) is 6.74. The molecule has 1 aliphatic heterocycles. The average molecular weight is 233 g/mol. The molecule has 0 aliphatic carbocycles. The number of nitrogens with zero attached hydrogens (tertiary/aromatic N) is 1. The van der Waals surface area contributed by atoms with E-state index in [0.717, 1.165) is 24.3 Å². The minimum absolute atomic E-state index is 0.527. The van der Waals surface area contributed by atoms with Crippen LogP contribution in [0.15, 0.2) is 37.0 Å². The maximum atomic E-state index is 4.16. The quantitative estimate of drug-likeness (QED) is 0.491. The zero-order valence-electron chi connectivity index (χ0n) is 11.5. The Balaban J connectivity index is 2.50. The van der Waals surface area contributed by atoms with Crippen molar-refractivity contribution in [3.05, 3.63) is 37.0 Å². The largest absolute Gasteiger partial charge is 0.297 e. The maximum absolute atomic E-state index is 4.16. The first-order chi connectivity index (χ1) is 8.04. The second-order valence-electron chi connectivity index (χ2n) is 5.48. The summed E-state index contributed by atoms with van der Waals surface area (Å²) in [6.45, 7) is 18.9. The molecule has 1 unspecified atom stereocenters. The van der Waals surface area contributed by atoms with E-state index in [9.17, 15) is 0 Å². The van der Waals surface area contributed by atoms with E-state index in [1.807, 2.05) is 6.08 Å². The molecular weight excluding hydrogens is 206 g/mol. The van der Waals surface area contributed by atoms with Crippen molar-refractivity contribution in [2.45, 2.75) is 45.6 Å². The molecule has 1 heterocycles. The molecule has 1 fully saturated rings. The minimum atomic E-state index is 0.527. The highest BCUT2D eigenvalue weighted by Gasteiger charge is 2.23. The van der Waals surface area contributed by atoms with Crippen LogP contribution < -0.4 is 0 Å². The van der Waals surface area contributed by atoms with Crippen LogP contribution in [0.3, 0.4) is 0 Å². The Morgan fingerprint density at radius 3 is 2.41 bits per heavy atom. The lowest BCUT2D eigenvalue weighted by molar-refractivity contribution is 0.150. The summed E-state index contributed by atoms with van der Waals surface area (Å²) >= 11 is 0. The van der Waals surface area contributed by atoms with Crippen LogP contribution in [0.4, 0.5) is 0 Å². The predicted octanol–water partition coefficient (Wildman–Crippen LogP) is 4.19. The first kappa shape index (κ1) is 14.2. The van der Waals surface area contributed by atoms with Crippen molar-refractivity contribution in [2.75, 3.05) is 13.1 Å². The third-order valence-electron chi connectivity index (χ3n) is 3.86. The molecule has 96 valence electrons. The van der Waals surface area contributed by atoms with Crippen LogP contribution in [0, 0.1) is 5.92 Å². The molecule has 1 nitrogen and oxygen atoms in total. The minimum Gasteiger partial charge on any atom is -0.297 e. The highest BCUT2D eigenvalue weighted by molar-refractivity contribution is 5.13. The average Bonchev–Trinajstić information content (AvgIpc) is 2.31. The van der Waals surface area contributed by atoms with Gasteiger partial charge in [-0.25, -0.2) is 0 Å². The predicted molar refractivity (Wildman–Crippen MR) is 77.1 cm³/mol. The van der Waals surface area contributed by atoms with Gasteiger partial charge in [-0.15, -0.1) is 0 Å². The van der Waals surface area contributed by atoms with Gasteiger partial charge in [0, 0.05) is 6.04 Å². The van der Waals surface area contributed by atoms with Gasteiger partial charge in [0.15, 0.2) is 0 Å². The highest BCUT2D eigenvalue weighted by atomic mass is 15.2. The van der Waals surface area contributed by atoms with Crippen molar-refractivity contribution in [2.24, 2.45) is 5.92 Å². The molecule has 0 aromatic heterocycles. The topological polar surface area (TPSA) is 3.24 Å². The lowest BCUT2D eigenvalue weighted by Crippen LogP contribution is -2.41. The van der Waals surface area contributed by atoms with Crippen molar-refractivity contribution in [3.8, 4) is 0 Å². The molecule has 0 saturated carbocycles. The number of piperidine rings is 1. The molecule has 17 heavy (non-hydrogen) atoms. The summed E-state index contributed by atoms with van der Waals surface area (Å²) in [5.41, 5.74) is 2.43. The Kier molecular flexibility index (Phi) is 5.70. The van der Waals surface area contributed by atoms with Crippen molar-refractivity contribution in [3.63, 3.8) is 0 Å². The lowest BCUT2D eigenvalue weighted by atomic mass is 9.94. The third-order valence-corrected chi connectivity index (χ3v) is 3.86. The summed E-state index contributed by atoms with van der Waals surface area (Å²) in [5.74, 6) is 0.889. The molecule has 0 aromatic carbocycles. The summed E-state index contributed by atoms with van der Waals surface area (Å²) in [6, 6.07) is 0.527. The number of likely N-dealkylation sites (tertiary alicyclic amines) is 1. The maximum Gasteiger partial charge on any atom is 0.0305 e. The second kappa shape index (κ2) is 6.80. The van der Waals surface area contributed by atoms with Gasteiger partial charge in [-0.3, -0.25) is 4.90 Å². The monoisotopic (exact) mass is 233 g/mol. The molecule has 0 aromatic rings. The summed E-state index contributed by atoms with van der Waals surface area (Å²) < 4.78 is 0. The first-order valence-electron chi connectivity index (χ1n) is 6.74. The van der Waals surface area contributed by atoms with E-state index in [2.05, 4.69) is 38.5 Å². The van der Waals surface area contributed by atoms with Crippen LogP contribution in [-0.4, -0.2) is 24.0 Å². The SMILES string of the molecule is C=CC(=C)CCC(C(=C)C)N1CCC(C)CC1. The van der Waals surface area contributed by atoms with Crippen LogP contribution in [0.25, 0.3) is 0 Å². The molecule has 1 rings (SSSR count). The molecule has 1 saturated heterocycles. The molecule has 0 amide bonds. The van der Waals surface area contributed by atoms with Crippen LogP contribution in [0.1, 0.15) is 39.5 Å². The normalized spacial score (nSPS) is 19.9. The zero-order valence-corrected chi connectivity index (χ0v) is 11.5. The molecule has 0 spiro atoms.